The molecular formula is C21H24N6O6S. The van der Waals surface area contributed by atoms with Crippen molar-refractivity contribution in [1.82, 2.24) is 24.8 Å². The van der Waals surface area contributed by atoms with Crippen molar-refractivity contribution in [3.8, 4) is 11.6 Å². The molecule has 0 saturated heterocycles. The molecule has 34 heavy (non-hydrogen) atoms. The van der Waals surface area contributed by atoms with Crippen molar-refractivity contribution >= 4 is 21.6 Å². The number of amides is 1. The molecule has 13 heteroatoms. The predicted octanol–water partition coefficient (Wildman–Crippen LogP) is 2.52. The first kappa shape index (κ1) is 24.8. The first-order chi connectivity index (χ1) is 16.1. The highest BCUT2D eigenvalue weighted by molar-refractivity contribution is 7.89. The van der Waals surface area contributed by atoms with Gasteiger partial charge in [0.05, 0.1) is 4.92 Å². The van der Waals surface area contributed by atoms with Gasteiger partial charge in [-0.05, 0) is 31.0 Å². The molecule has 3 aromatic rings. The van der Waals surface area contributed by atoms with Crippen LogP contribution in [0.3, 0.4) is 0 Å². The number of carbonyl (C=O) groups is 1. The molecule has 1 amide bonds. The summed E-state index contributed by atoms with van der Waals surface area (Å²) >= 11 is 0. The summed E-state index contributed by atoms with van der Waals surface area (Å²) in [4.78, 5) is 26.6. The molecule has 0 spiro atoms. The van der Waals surface area contributed by atoms with Gasteiger partial charge in [0.2, 0.25) is 15.9 Å². The quantitative estimate of drug-likeness (QED) is 0.325. The van der Waals surface area contributed by atoms with Crippen molar-refractivity contribution in [2.24, 2.45) is 7.05 Å². The number of carbonyl (C=O) groups excluding carboxylic acids is 1. The number of non-ortho nitro benzene ring substituents is 1. The highest BCUT2D eigenvalue weighted by Gasteiger charge is 2.26. The van der Waals surface area contributed by atoms with Crippen LogP contribution in [0, 0.1) is 10.1 Å². The van der Waals surface area contributed by atoms with Crippen molar-refractivity contribution < 1.29 is 22.9 Å². The van der Waals surface area contributed by atoms with Gasteiger partial charge in [-0.1, -0.05) is 13.0 Å². The zero-order valence-corrected chi connectivity index (χ0v) is 19.6. The number of hydrogen-bond donors (Lipinski definition) is 2. The average Bonchev–Trinajstić information content (AvgIpc) is 3.18. The molecule has 0 aliphatic heterocycles. The summed E-state index contributed by atoms with van der Waals surface area (Å²) in [5.41, 5.74) is 0.445. The van der Waals surface area contributed by atoms with E-state index in [9.17, 15) is 23.3 Å². The number of sulfonamides is 1. The Balaban J connectivity index is 1.87. The van der Waals surface area contributed by atoms with Gasteiger partial charge < -0.3 is 10.1 Å². The van der Waals surface area contributed by atoms with Gasteiger partial charge in [0.1, 0.15) is 10.6 Å². The maximum atomic E-state index is 12.9. The van der Waals surface area contributed by atoms with E-state index in [2.05, 4.69) is 20.1 Å². The number of benzene rings is 1. The SMILES string of the molecule is CC[C@H](C)NS(=O)(=O)c1cc([N+](=O)[O-])ccc1Oc1cc(C(=O)NCc2cccnc2)nn1C. The number of rotatable bonds is 10. The lowest BCUT2D eigenvalue weighted by Crippen LogP contribution is -2.32. The number of nitrogens with zero attached hydrogens (tertiary/aromatic N) is 4. The largest absolute Gasteiger partial charge is 0.438 e. The molecule has 0 saturated carbocycles. The third kappa shape index (κ3) is 5.94. The highest BCUT2D eigenvalue weighted by Crippen LogP contribution is 2.32. The summed E-state index contributed by atoms with van der Waals surface area (Å²) in [5, 5.41) is 18.0. The van der Waals surface area contributed by atoms with E-state index < -0.39 is 37.5 Å². The van der Waals surface area contributed by atoms with Gasteiger partial charge in [-0.2, -0.15) is 5.10 Å². The Morgan fingerprint density at radius 2 is 2.06 bits per heavy atom. The fourth-order valence-electron chi connectivity index (χ4n) is 2.86. The number of nitro benzene ring substituents is 1. The lowest BCUT2D eigenvalue weighted by Gasteiger charge is -2.15. The van der Waals surface area contributed by atoms with Gasteiger partial charge in [0.15, 0.2) is 5.69 Å². The summed E-state index contributed by atoms with van der Waals surface area (Å²) in [6.45, 7) is 3.72. The van der Waals surface area contributed by atoms with E-state index in [1.165, 1.54) is 23.9 Å². The molecule has 1 atom stereocenters. The van der Waals surface area contributed by atoms with Crippen LogP contribution in [0.15, 0.2) is 53.7 Å². The lowest BCUT2D eigenvalue weighted by molar-refractivity contribution is -0.385. The van der Waals surface area contributed by atoms with E-state index in [1.54, 1.807) is 32.3 Å². The zero-order chi connectivity index (χ0) is 24.9. The summed E-state index contributed by atoms with van der Waals surface area (Å²) in [5.74, 6) is -0.545. The fourth-order valence-corrected chi connectivity index (χ4v) is 4.33. The Kier molecular flexibility index (Phi) is 7.58. The minimum absolute atomic E-state index is 0.0467. The predicted molar refractivity (Wildman–Crippen MR) is 122 cm³/mol. The third-order valence-corrected chi connectivity index (χ3v) is 6.47. The molecule has 3 rings (SSSR count). The molecule has 2 heterocycles. The number of hydrogen-bond acceptors (Lipinski definition) is 8. The van der Waals surface area contributed by atoms with Crippen LogP contribution < -0.4 is 14.8 Å². The van der Waals surface area contributed by atoms with Crippen molar-refractivity contribution in [3.63, 3.8) is 0 Å². The van der Waals surface area contributed by atoms with Gasteiger partial charge in [0, 0.05) is 50.2 Å². The molecule has 0 bridgehead atoms. The second-order valence-corrected chi connectivity index (χ2v) is 9.14. The molecule has 0 aliphatic rings. The maximum absolute atomic E-state index is 12.9. The Bertz CT molecular complexity index is 1290. The summed E-state index contributed by atoms with van der Waals surface area (Å²) in [7, 11) is -2.62. The lowest BCUT2D eigenvalue weighted by atomic mass is 10.3. The number of pyridine rings is 1. The smallest absolute Gasteiger partial charge is 0.272 e. The minimum atomic E-state index is -4.13. The van der Waals surface area contributed by atoms with Crippen LogP contribution in [-0.4, -0.2) is 40.1 Å². The zero-order valence-electron chi connectivity index (χ0n) is 18.8. The molecule has 0 aliphatic carbocycles. The summed E-state index contributed by atoms with van der Waals surface area (Å²) in [6, 6.07) is 7.76. The maximum Gasteiger partial charge on any atom is 0.272 e. The van der Waals surface area contributed by atoms with Crippen LogP contribution in [0.25, 0.3) is 0 Å². The summed E-state index contributed by atoms with van der Waals surface area (Å²) < 4.78 is 35.3. The fraction of sp³-hybridized carbons (Fsp3) is 0.286. The first-order valence-electron chi connectivity index (χ1n) is 10.3. The van der Waals surface area contributed by atoms with Gasteiger partial charge in [-0.25, -0.2) is 17.8 Å². The molecule has 180 valence electrons. The van der Waals surface area contributed by atoms with Crippen LogP contribution >= 0.6 is 0 Å². The van der Waals surface area contributed by atoms with Crippen molar-refractivity contribution in [3.05, 3.63) is 70.2 Å². The van der Waals surface area contributed by atoms with Crippen molar-refractivity contribution in [1.29, 1.82) is 0 Å². The average molecular weight is 489 g/mol. The van der Waals surface area contributed by atoms with Crippen molar-refractivity contribution in [2.75, 3.05) is 0 Å². The molecule has 1 aromatic carbocycles. The minimum Gasteiger partial charge on any atom is -0.438 e. The monoisotopic (exact) mass is 488 g/mol. The first-order valence-corrected chi connectivity index (χ1v) is 11.8. The second-order valence-electron chi connectivity index (χ2n) is 7.46. The summed E-state index contributed by atoms with van der Waals surface area (Å²) in [6.07, 6.45) is 3.76. The molecule has 0 fully saturated rings. The van der Waals surface area contributed by atoms with E-state index in [-0.39, 0.29) is 23.9 Å². The van der Waals surface area contributed by atoms with Gasteiger partial charge in [0.25, 0.3) is 11.6 Å². The van der Waals surface area contributed by atoms with Gasteiger partial charge in [-0.3, -0.25) is 19.9 Å². The number of nitro groups is 1. The number of aryl methyl sites for hydroxylation is 1. The van der Waals surface area contributed by atoms with E-state index >= 15 is 0 Å². The molecule has 2 aromatic heterocycles. The van der Waals surface area contributed by atoms with Crippen LogP contribution in [0.1, 0.15) is 36.3 Å². The number of nitrogens with one attached hydrogen (secondary N) is 2. The standard InChI is InChI=1S/C21H24N6O6S/c1-4-14(2)25-34(31,32)19-10-16(27(29)30)7-8-18(19)33-20-11-17(24-26(20)3)21(28)23-13-15-6-5-9-22-12-15/h5-12,14,25H,4,13H2,1-3H3,(H,23,28)/t14-/m0/s1. The molecule has 0 radical (unpaired) electrons. The van der Waals surface area contributed by atoms with Crippen LogP contribution in [0.2, 0.25) is 0 Å². The molecule has 0 unspecified atom stereocenters. The molecular weight excluding hydrogens is 464 g/mol. The Morgan fingerprint density at radius 1 is 1.29 bits per heavy atom. The van der Waals surface area contributed by atoms with Gasteiger partial charge >= 0.3 is 0 Å². The van der Waals surface area contributed by atoms with E-state index in [1.807, 2.05) is 6.07 Å². The Labute approximate surface area is 196 Å². The second kappa shape index (κ2) is 10.4. The van der Waals surface area contributed by atoms with Crippen LogP contribution in [0.5, 0.6) is 11.6 Å². The Hall–Kier alpha value is -3.84. The van der Waals surface area contributed by atoms with E-state index in [0.717, 1.165) is 17.7 Å². The van der Waals surface area contributed by atoms with Gasteiger partial charge in [-0.15, -0.1) is 0 Å². The topological polar surface area (TPSA) is 158 Å². The van der Waals surface area contributed by atoms with E-state index in [4.69, 9.17) is 4.74 Å². The Morgan fingerprint density at radius 3 is 2.71 bits per heavy atom. The van der Waals surface area contributed by atoms with Crippen LogP contribution in [-0.2, 0) is 23.6 Å². The highest BCUT2D eigenvalue weighted by atomic mass is 32.2. The molecule has 12 nitrogen and oxygen atoms in total. The molecule has 2 N–H and O–H groups in total. The van der Waals surface area contributed by atoms with Crippen molar-refractivity contribution in [2.45, 2.75) is 37.8 Å². The van der Waals surface area contributed by atoms with E-state index in [0.29, 0.717) is 6.42 Å². The normalized spacial score (nSPS) is 12.2. The number of ether oxygens (including phenoxy) is 1. The van der Waals surface area contributed by atoms with Crippen LogP contribution in [0.4, 0.5) is 5.69 Å². The number of aromatic nitrogens is 3. The third-order valence-electron chi connectivity index (χ3n) is 4.86.